The quantitative estimate of drug-likeness (QED) is 0.344. The van der Waals surface area contributed by atoms with Crippen LogP contribution in [0.3, 0.4) is 0 Å². The van der Waals surface area contributed by atoms with Gasteiger partial charge in [-0.3, -0.25) is 5.32 Å². The maximum absolute atomic E-state index is 13.4. The summed E-state index contributed by atoms with van der Waals surface area (Å²) in [6, 6.07) is 3.58. The first-order valence-electron chi connectivity index (χ1n) is 4.82. The van der Waals surface area contributed by atoms with Crippen LogP contribution in [0.25, 0.3) is 0 Å². The predicted octanol–water partition coefficient (Wildman–Crippen LogP) is 2.17. The van der Waals surface area contributed by atoms with Crippen LogP contribution in [0.1, 0.15) is 5.56 Å². The largest absolute Gasteiger partial charge is 0.409 e. The Kier molecular flexibility index (Phi) is 5.73. The van der Waals surface area contributed by atoms with Crippen LogP contribution in [0.15, 0.2) is 23.4 Å². The van der Waals surface area contributed by atoms with Crippen LogP contribution in [-0.4, -0.2) is 22.8 Å². The minimum Gasteiger partial charge on any atom is -0.409 e. The minimum absolute atomic E-state index is 0.0000354. The van der Waals surface area contributed by atoms with Gasteiger partial charge in [-0.25, -0.2) is 9.18 Å². The number of nitrogens with one attached hydrogen (secondary N) is 1. The van der Waals surface area contributed by atoms with Gasteiger partial charge in [-0.05, 0) is 12.1 Å². The average molecular weight is 292 g/mol. The molecule has 0 fully saturated rings. The van der Waals surface area contributed by atoms with Crippen LogP contribution in [0.5, 0.6) is 0 Å². The van der Waals surface area contributed by atoms with Crippen molar-refractivity contribution in [2.45, 2.75) is 5.75 Å². The summed E-state index contributed by atoms with van der Waals surface area (Å²) in [6.07, 6.45) is 0. The number of amidine groups is 1. The maximum atomic E-state index is 13.4. The molecule has 0 aliphatic heterocycles. The zero-order valence-electron chi connectivity index (χ0n) is 9.19. The molecular weight excluding hydrogens is 281 g/mol. The number of thioether (sulfide) groups is 1. The normalized spacial score (nSPS) is 11.3. The van der Waals surface area contributed by atoms with Crippen LogP contribution in [-0.2, 0) is 5.75 Å². The number of carbonyl (C=O) groups is 1. The third-order valence-corrected chi connectivity index (χ3v) is 3.26. The van der Waals surface area contributed by atoms with Gasteiger partial charge in [0.15, 0.2) is 5.84 Å². The second-order valence-corrected chi connectivity index (χ2v) is 4.62. The minimum atomic E-state index is -0.827. The molecule has 0 unspecified atom stereocenters. The number of halogens is 2. The Morgan fingerprint density at radius 1 is 1.61 bits per heavy atom. The molecule has 8 heteroatoms. The molecule has 2 amide bonds. The monoisotopic (exact) mass is 291 g/mol. The molecule has 5 nitrogen and oxygen atoms in total. The number of primary amides is 1. The van der Waals surface area contributed by atoms with Gasteiger partial charge in [0, 0.05) is 16.3 Å². The first kappa shape index (κ1) is 14.6. The van der Waals surface area contributed by atoms with Crippen LogP contribution in [0, 0.1) is 5.82 Å². The zero-order valence-corrected chi connectivity index (χ0v) is 10.8. The molecule has 0 spiro atoms. The molecule has 0 bridgehead atoms. The highest BCUT2D eigenvalue weighted by Crippen LogP contribution is 2.23. The van der Waals surface area contributed by atoms with E-state index in [0.717, 1.165) is 0 Å². The summed E-state index contributed by atoms with van der Waals surface area (Å²) < 4.78 is 13.4. The van der Waals surface area contributed by atoms with Gasteiger partial charge in [-0.15, -0.1) is 11.8 Å². The molecule has 98 valence electrons. The molecule has 0 atom stereocenters. The Bertz CT molecular complexity index is 450. The Hall–Kier alpha value is -1.47. The molecule has 4 N–H and O–H groups in total. The molecule has 0 aliphatic carbocycles. The smallest absolute Gasteiger partial charge is 0.317 e. The van der Waals surface area contributed by atoms with Crippen molar-refractivity contribution in [2.75, 3.05) is 5.75 Å². The number of amides is 2. The van der Waals surface area contributed by atoms with Crippen molar-refractivity contribution in [3.05, 3.63) is 34.6 Å². The van der Waals surface area contributed by atoms with Gasteiger partial charge in [-0.2, -0.15) is 0 Å². The lowest BCUT2D eigenvalue weighted by Gasteiger charge is -2.06. The summed E-state index contributed by atoms with van der Waals surface area (Å²) in [5, 5.41) is 13.9. The molecule has 1 aromatic carbocycles. The number of hydrogen-bond acceptors (Lipinski definition) is 4. The number of urea groups is 1. The van der Waals surface area contributed by atoms with E-state index in [0.29, 0.717) is 10.6 Å². The third kappa shape index (κ3) is 4.42. The number of nitrogens with zero attached hydrogens (tertiary/aromatic N) is 1. The molecule has 0 aliphatic rings. The molecule has 0 heterocycles. The van der Waals surface area contributed by atoms with Gasteiger partial charge in [-0.1, -0.05) is 22.8 Å². The van der Waals surface area contributed by atoms with Gasteiger partial charge >= 0.3 is 6.03 Å². The summed E-state index contributed by atoms with van der Waals surface area (Å²) in [4.78, 5) is 10.5. The van der Waals surface area contributed by atoms with E-state index >= 15 is 0 Å². The van der Waals surface area contributed by atoms with E-state index in [1.807, 2.05) is 0 Å². The predicted molar refractivity (Wildman–Crippen MR) is 69.5 cm³/mol. The Morgan fingerprint density at radius 2 is 2.33 bits per heavy atom. The highest BCUT2D eigenvalue weighted by atomic mass is 35.5. The van der Waals surface area contributed by atoms with Gasteiger partial charge in [0.05, 0.1) is 5.75 Å². The summed E-state index contributed by atoms with van der Waals surface area (Å²) in [5.74, 6) is 0.0510. The number of carbonyl (C=O) groups excluding carboxylic acids is 1. The first-order chi connectivity index (χ1) is 8.54. The number of nitrogens with two attached hydrogens (primary N) is 1. The van der Waals surface area contributed by atoms with E-state index in [9.17, 15) is 9.18 Å². The van der Waals surface area contributed by atoms with Crippen LogP contribution >= 0.6 is 23.4 Å². The maximum Gasteiger partial charge on any atom is 0.317 e. The first-order valence-corrected chi connectivity index (χ1v) is 6.36. The number of rotatable bonds is 4. The fourth-order valence-electron chi connectivity index (χ4n) is 1.15. The standard InChI is InChI=1S/C10H11ClFN3O2S/c11-7-2-1-3-8(12)6(7)4-18-5-9(15-17)14-10(13)16/h1-3,17H,4-5H2,(H3,13,14,15,16). The van der Waals surface area contributed by atoms with Crippen molar-refractivity contribution in [2.24, 2.45) is 10.9 Å². The SMILES string of the molecule is NC(=O)NC(CSCc1c(F)cccc1Cl)=NO. The second-order valence-electron chi connectivity index (χ2n) is 3.23. The zero-order chi connectivity index (χ0) is 13.5. The van der Waals surface area contributed by atoms with E-state index in [-0.39, 0.29) is 17.3 Å². The highest BCUT2D eigenvalue weighted by Gasteiger charge is 2.08. The number of hydrogen-bond donors (Lipinski definition) is 3. The van der Waals surface area contributed by atoms with Crippen LogP contribution in [0.2, 0.25) is 5.02 Å². The molecule has 0 radical (unpaired) electrons. The van der Waals surface area contributed by atoms with Gasteiger partial charge < -0.3 is 10.9 Å². The van der Waals surface area contributed by atoms with E-state index in [1.165, 1.54) is 23.9 Å². The molecule has 18 heavy (non-hydrogen) atoms. The average Bonchev–Trinajstić information content (AvgIpc) is 2.31. The molecule has 1 aromatic rings. The highest BCUT2D eigenvalue weighted by molar-refractivity contribution is 7.99. The van der Waals surface area contributed by atoms with Crippen molar-refractivity contribution in [3.8, 4) is 0 Å². The van der Waals surface area contributed by atoms with Crippen molar-refractivity contribution >= 4 is 35.2 Å². The lowest BCUT2D eigenvalue weighted by molar-refractivity contribution is 0.252. The second kappa shape index (κ2) is 7.07. The molecule has 0 saturated carbocycles. The van der Waals surface area contributed by atoms with E-state index < -0.39 is 11.8 Å². The summed E-state index contributed by atoms with van der Waals surface area (Å²) in [6.45, 7) is 0. The van der Waals surface area contributed by atoms with Crippen LogP contribution < -0.4 is 11.1 Å². The molecule has 0 saturated heterocycles. The fraction of sp³-hybridized carbons (Fsp3) is 0.200. The van der Waals surface area contributed by atoms with Gasteiger partial charge in [0.1, 0.15) is 5.82 Å². The lowest BCUT2D eigenvalue weighted by Crippen LogP contribution is -2.36. The topological polar surface area (TPSA) is 87.7 Å². The lowest BCUT2D eigenvalue weighted by atomic mass is 10.2. The Labute approximate surface area is 112 Å². The fourth-order valence-corrected chi connectivity index (χ4v) is 2.38. The van der Waals surface area contributed by atoms with Crippen molar-refractivity contribution in [3.63, 3.8) is 0 Å². The third-order valence-electron chi connectivity index (χ3n) is 1.94. The van der Waals surface area contributed by atoms with Gasteiger partial charge in [0.2, 0.25) is 0 Å². The molecule has 1 rings (SSSR count). The summed E-state index contributed by atoms with van der Waals surface area (Å²) in [7, 11) is 0. The Balaban J connectivity index is 2.53. The van der Waals surface area contributed by atoms with Crippen LogP contribution in [0.4, 0.5) is 9.18 Å². The van der Waals surface area contributed by atoms with Crippen molar-refractivity contribution in [1.82, 2.24) is 5.32 Å². The van der Waals surface area contributed by atoms with E-state index in [2.05, 4.69) is 10.5 Å². The van der Waals surface area contributed by atoms with E-state index in [1.54, 1.807) is 6.07 Å². The molecular formula is C10H11ClFN3O2S. The van der Waals surface area contributed by atoms with E-state index in [4.69, 9.17) is 22.5 Å². The molecule has 0 aromatic heterocycles. The van der Waals surface area contributed by atoms with Crippen molar-refractivity contribution < 1.29 is 14.4 Å². The number of oxime groups is 1. The number of benzene rings is 1. The summed E-state index contributed by atoms with van der Waals surface area (Å²) >= 11 is 7.06. The Morgan fingerprint density at radius 3 is 2.89 bits per heavy atom. The van der Waals surface area contributed by atoms with Crippen molar-refractivity contribution in [1.29, 1.82) is 0 Å². The summed E-state index contributed by atoms with van der Waals surface area (Å²) in [5.41, 5.74) is 5.23. The van der Waals surface area contributed by atoms with Gasteiger partial charge in [0.25, 0.3) is 0 Å².